The van der Waals surface area contributed by atoms with Crippen LogP contribution in [0.4, 0.5) is 0 Å². The SMILES string of the molecule is C[C@@]1(O)CC[C@@]2(COC3CCCCO3)[C@@H](CC[C@@H]3[C@@H]2CC[C@]2(C)C(O)CC[C@@H]32)C1. The molecule has 5 aliphatic rings. The molecule has 5 rings (SSSR count). The summed E-state index contributed by atoms with van der Waals surface area (Å²) in [5.41, 5.74) is -0.196. The first-order chi connectivity index (χ1) is 13.8. The van der Waals surface area contributed by atoms with E-state index in [1.807, 2.05) is 6.92 Å². The second kappa shape index (κ2) is 7.46. The first-order valence-corrected chi connectivity index (χ1v) is 12.5. The van der Waals surface area contributed by atoms with E-state index < -0.39 is 5.60 Å². The van der Waals surface area contributed by atoms with Crippen LogP contribution < -0.4 is 0 Å². The average molecular weight is 407 g/mol. The van der Waals surface area contributed by atoms with E-state index >= 15 is 0 Å². The molecule has 4 saturated carbocycles. The first kappa shape index (κ1) is 20.7. The van der Waals surface area contributed by atoms with Gasteiger partial charge in [-0.1, -0.05) is 6.92 Å². The van der Waals surface area contributed by atoms with E-state index in [1.165, 1.54) is 32.1 Å². The van der Waals surface area contributed by atoms with Gasteiger partial charge in [-0.3, -0.25) is 0 Å². The number of hydrogen-bond donors (Lipinski definition) is 2. The number of aliphatic hydroxyl groups excluding tert-OH is 1. The summed E-state index contributed by atoms with van der Waals surface area (Å²) in [6.45, 7) is 6.05. The van der Waals surface area contributed by atoms with Crippen LogP contribution >= 0.6 is 0 Å². The molecule has 0 aromatic carbocycles. The Kier molecular flexibility index (Phi) is 5.33. The van der Waals surface area contributed by atoms with Crippen LogP contribution in [0.2, 0.25) is 0 Å². The van der Waals surface area contributed by atoms with Gasteiger partial charge in [0.2, 0.25) is 0 Å². The number of fused-ring (bicyclic) bond motifs is 5. The van der Waals surface area contributed by atoms with E-state index in [2.05, 4.69) is 6.92 Å². The topological polar surface area (TPSA) is 58.9 Å². The van der Waals surface area contributed by atoms with Gasteiger partial charge >= 0.3 is 0 Å². The monoisotopic (exact) mass is 406 g/mol. The minimum Gasteiger partial charge on any atom is -0.393 e. The van der Waals surface area contributed by atoms with Gasteiger partial charge in [-0.05, 0) is 118 Å². The van der Waals surface area contributed by atoms with Gasteiger partial charge in [-0.15, -0.1) is 0 Å². The smallest absolute Gasteiger partial charge is 0.157 e. The Labute approximate surface area is 176 Å². The van der Waals surface area contributed by atoms with Crippen molar-refractivity contribution in [3.05, 3.63) is 0 Å². The van der Waals surface area contributed by atoms with E-state index in [0.717, 1.165) is 64.1 Å². The summed E-state index contributed by atoms with van der Waals surface area (Å²) in [6.07, 6.45) is 13.2. The molecule has 0 radical (unpaired) electrons. The zero-order valence-corrected chi connectivity index (χ0v) is 18.6. The standard InChI is InChI=1S/C25H42O4/c1-23(27)12-13-25(16-29-22-5-3-4-14-28-22)17(15-23)6-7-18-19-8-9-21(26)24(19,2)11-10-20(18)25/h17-22,26-27H,3-16H2,1-2H3/t17-,18-,19-,20-,21?,22?,23+,24-,25+/m0/s1. The molecule has 5 fully saturated rings. The summed E-state index contributed by atoms with van der Waals surface area (Å²) in [5.74, 6) is 2.64. The van der Waals surface area contributed by atoms with Gasteiger partial charge in [0.25, 0.3) is 0 Å². The summed E-state index contributed by atoms with van der Waals surface area (Å²) in [5, 5.41) is 21.6. The molecule has 4 nitrogen and oxygen atoms in total. The van der Waals surface area contributed by atoms with Crippen molar-refractivity contribution >= 4 is 0 Å². The summed E-state index contributed by atoms with van der Waals surface area (Å²) in [7, 11) is 0. The van der Waals surface area contributed by atoms with Gasteiger partial charge in [0.15, 0.2) is 6.29 Å². The molecule has 2 N–H and O–H groups in total. The quantitative estimate of drug-likeness (QED) is 0.715. The molecule has 0 bridgehead atoms. The van der Waals surface area contributed by atoms with Crippen molar-refractivity contribution in [3.8, 4) is 0 Å². The van der Waals surface area contributed by atoms with Crippen LogP contribution in [0, 0.1) is 34.5 Å². The number of aliphatic hydroxyl groups is 2. The molecule has 2 unspecified atom stereocenters. The highest BCUT2D eigenvalue weighted by Gasteiger charge is 2.62. The van der Waals surface area contributed by atoms with Crippen LogP contribution in [0.5, 0.6) is 0 Å². The lowest BCUT2D eigenvalue weighted by Gasteiger charge is -2.62. The third-order valence-electron chi connectivity index (χ3n) is 10.3. The van der Waals surface area contributed by atoms with Crippen LogP contribution in [0.15, 0.2) is 0 Å². The fourth-order valence-electron chi connectivity index (χ4n) is 8.58. The third-order valence-corrected chi connectivity index (χ3v) is 10.3. The molecule has 0 aromatic rings. The summed E-state index contributed by atoms with van der Waals surface area (Å²) < 4.78 is 12.4. The van der Waals surface area contributed by atoms with Crippen LogP contribution in [-0.4, -0.2) is 41.4 Å². The Hall–Kier alpha value is -0.160. The maximum Gasteiger partial charge on any atom is 0.157 e. The number of rotatable bonds is 3. The van der Waals surface area contributed by atoms with Crippen LogP contribution in [0.25, 0.3) is 0 Å². The highest BCUT2D eigenvalue weighted by Crippen LogP contribution is 2.67. The predicted octanol–water partition coefficient (Wildman–Crippen LogP) is 4.66. The molecular formula is C25H42O4. The van der Waals surface area contributed by atoms with Crippen molar-refractivity contribution in [1.29, 1.82) is 0 Å². The minimum atomic E-state index is -0.519. The van der Waals surface area contributed by atoms with E-state index in [4.69, 9.17) is 9.47 Å². The van der Waals surface area contributed by atoms with Crippen LogP contribution in [-0.2, 0) is 9.47 Å². The normalized spacial score (nSPS) is 55.0. The molecule has 1 saturated heterocycles. The van der Waals surface area contributed by atoms with E-state index in [-0.39, 0.29) is 23.2 Å². The summed E-state index contributed by atoms with van der Waals surface area (Å²) in [6, 6.07) is 0. The third kappa shape index (κ3) is 3.41. The van der Waals surface area contributed by atoms with Gasteiger partial charge in [0.1, 0.15) is 0 Å². The molecule has 1 aliphatic heterocycles. The molecule has 0 spiro atoms. The molecule has 0 aromatic heterocycles. The van der Waals surface area contributed by atoms with Crippen LogP contribution in [0.3, 0.4) is 0 Å². The lowest BCUT2D eigenvalue weighted by molar-refractivity contribution is -0.227. The summed E-state index contributed by atoms with van der Waals surface area (Å²) in [4.78, 5) is 0. The molecular weight excluding hydrogens is 364 g/mol. The number of hydrogen-bond acceptors (Lipinski definition) is 4. The Balaban J connectivity index is 1.41. The average Bonchev–Trinajstić information content (AvgIpc) is 3.02. The molecule has 0 amide bonds. The van der Waals surface area contributed by atoms with Crippen molar-refractivity contribution in [2.75, 3.05) is 13.2 Å². The molecule has 9 atom stereocenters. The fourth-order valence-corrected chi connectivity index (χ4v) is 8.58. The predicted molar refractivity (Wildman–Crippen MR) is 112 cm³/mol. The minimum absolute atomic E-state index is 0.0243. The Morgan fingerprint density at radius 3 is 2.59 bits per heavy atom. The first-order valence-electron chi connectivity index (χ1n) is 12.5. The van der Waals surface area contributed by atoms with Gasteiger partial charge < -0.3 is 19.7 Å². The lowest BCUT2D eigenvalue weighted by atomic mass is 9.44. The summed E-state index contributed by atoms with van der Waals surface area (Å²) >= 11 is 0. The van der Waals surface area contributed by atoms with Crippen molar-refractivity contribution in [2.45, 2.75) is 109 Å². The van der Waals surface area contributed by atoms with Gasteiger partial charge in [-0.25, -0.2) is 0 Å². The zero-order chi connectivity index (χ0) is 20.3. The highest BCUT2D eigenvalue weighted by molar-refractivity contribution is 5.11. The van der Waals surface area contributed by atoms with Gasteiger partial charge in [-0.2, -0.15) is 0 Å². The van der Waals surface area contributed by atoms with E-state index in [9.17, 15) is 10.2 Å². The molecule has 4 aliphatic carbocycles. The zero-order valence-electron chi connectivity index (χ0n) is 18.6. The lowest BCUT2D eigenvalue weighted by Crippen LogP contribution is -2.59. The van der Waals surface area contributed by atoms with Crippen molar-refractivity contribution in [1.82, 2.24) is 0 Å². The van der Waals surface area contributed by atoms with Crippen molar-refractivity contribution < 1.29 is 19.7 Å². The second-order valence-corrected chi connectivity index (χ2v) is 11.8. The molecule has 4 heteroatoms. The molecule has 1 heterocycles. The molecule has 29 heavy (non-hydrogen) atoms. The Morgan fingerprint density at radius 1 is 0.931 bits per heavy atom. The maximum atomic E-state index is 10.9. The molecule has 166 valence electrons. The fraction of sp³-hybridized carbons (Fsp3) is 1.00. The largest absolute Gasteiger partial charge is 0.393 e. The van der Waals surface area contributed by atoms with Crippen LogP contribution in [0.1, 0.15) is 90.9 Å². The van der Waals surface area contributed by atoms with E-state index in [0.29, 0.717) is 17.8 Å². The van der Waals surface area contributed by atoms with E-state index in [1.54, 1.807) is 0 Å². The maximum absolute atomic E-state index is 10.9. The van der Waals surface area contributed by atoms with Gasteiger partial charge in [0, 0.05) is 6.61 Å². The Morgan fingerprint density at radius 2 is 1.79 bits per heavy atom. The highest BCUT2D eigenvalue weighted by atomic mass is 16.7. The van der Waals surface area contributed by atoms with Crippen molar-refractivity contribution in [3.63, 3.8) is 0 Å². The van der Waals surface area contributed by atoms with Crippen molar-refractivity contribution in [2.24, 2.45) is 34.5 Å². The second-order valence-electron chi connectivity index (χ2n) is 11.8. The number of ether oxygens (including phenoxy) is 2. The Bertz CT molecular complexity index is 600. The van der Waals surface area contributed by atoms with Gasteiger partial charge in [0.05, 0.1) is 18.3 Å².